The Morgan fingerprint density at radius 2 is 1.10 bits per heavy atom. The molecule has 0 saturated carbocycles. The first-order valence-corrected chi connectivity index (χ1v) is 1.94. The van der Waals surface area contributed by atoms with Crippen LogP contribution in [-0.4, -0.2) is 11.9 Å². The molecule has 0 rings (SSSR count). The Morgan fingerprint density at radius 1 is 0.900 bits per heavy atom. The number of carbonyl (C=O) groups excluding carboxylic acids is 2. The number of carboxylic acids is 2. The van der Waals surface area contributed by atoms with E-state index in [4.69, 9.17) is 0 Å². The Labute approximate surface area is 53.4 Å². The molecule has 0 aromatic heterocycles. The van der Waals surface area contributed by atoms with E-state index in [9.17, 15) is 28.6 Å². The summed E-state index contributed by atoms with van der Waals surface area (Å²) in [7, 11) is 0. The number of halogens is 2. The van der Waals surface area contributed by atoms with Crippen LogP contribution in [0.15, 0.2) is 11.7 Å². The molecule has 0 N–H and O–H groups in total. The summed E-state index contributed by atoms with van der Waals surface area (Å²) < 4.78 is 23.2. The van der Waals surface area contributed by atoms with Crippen LogP contribution in [0, 0.1) is 0 Å². The minimum atomic E-state index is -2.53. The molecule has 0 aromatic carbocycles. The zero-order valence-electron chi connectivity index (χ0n) is 4.39. The first kappa shape index (κ1) is 8.54. The maximum Gasteiger partial charge on any atom is 0.183 e. The van der Waals surface area contributed by atoms with E-state index < -0.39 is 23.6 Å². The molecule has 0 radical (unpaired) electrons. The van der Waals surface area contributed by atoms with E-state index in [2.05, 4.69) is 0 Å². The summed E-state index contributed by atoms with van der Waals surface area (Å²) in [6, 6.07) is 0. The second kappa shape index (κ2) is 2.90. The van der Waals surface area contributed by atoms with E-state index >= 15 is 0 Å². The van der Waals surface area contributed by atoms with Crippen molar-refractivity contribution in [3.8, 4) is 0 Å². The molecule has 0 spiro atoms. The zero-order valence-corrected chi connectivity index (χ0v) is 4.39. The molecule has 0 aromatic rings. The van der Waals surface area contributed by atoms with Gasteiger partial charge in [-0.2, -0.15) is 0 Å². The predicted octanol–water partition coefficient (Wildman–Crippen LogP) is -2.36. The van der Waals surface area contributed by atoms with Crippen molar-refractivity contribution < 1.29 is 28.6 Å². The van der Waals surface area contributed by atoms with Crippen LogP contribution in [0.2, 0.25) is 0 Å². The number of hydrogen-bond donors (Lipinski definition) is 0. The van der Waals surface area contributed by atoms with Gasteiger partial charge in [0.2, 0.25) is 0 Å². The molecular weight excluding hydrogens is 150 g/mol. The minimum absolute atomic E-state index is 2.47. The predicted molar refractivity (Wildman–Crippen MR) is 19.3 cm³/mol. The molecule has 0 aliphatic carbocycles. The van der Waals surface area contributed by atoms with Gasteiger partial charge in [0.1, 0.15) is 11.9 Å². The van der Waals surface area contributed by atoms with Gasteiger partial charge in [0.25, 0.3) is 0 Å². The standard InChI is InChI=1S/C4H2F2O4/c5-1(3(7)8)2(6)4(9)10/h(H,7,8)(H,9,10)/p-2/b2-1+. The highest BCUT2D eigenvalue weighted by molar-refractivity contribution is 5.93. The van der Waals surface area contributed by atoms with Crippen LogP contribution in [0.25, 0.3) is 0 Å². The van der Waals surface area contributed by atoms with Gasteiger partial charge in [-0.3, -0.25) is 0 Å². The lowest BCUT2D eigenvalue weighted by molar-refractivity contribution is -0.307. The van der Waals surface area contributed by atoms with E-state index in [-0.39, 0.29) is 0 Å². The summed E-state index contributed by atoms with van der Waals surface area (Å²) in [6.45, 7) is 0. The Bertz CT molecular complexity index is 185. The molecule has 6 heteroatoms. The molecule has 0 amide bonds. The Hall–Kier alpha value is -1.46. The van der Waals surface area contributed by atoms with Gasteiger partial charge < -0.3 is 19.8 Å². The quantitative estimate of drug-likeness (QED) is 0.412. The fourth-order valence-corrected chi connectivity index (χ4v) is 0.179. The minimum Gasteiger partial charge on any atom is -0.542 e. The highest BCUT2D eigenvalue weighted by Gasteiger charge is 2.06. The van der Waals surface area contributed by atoms with Crippen LogP contribution in [-0.2, 0) is 9.59 Å². The van der Waals surface area contributed by atoms with Crippen LogP contribution in [0.5, 0.6) is 0 Å². The average molecular weight is 150 g/mol. The molecule has 0 bridgehead atoms. The van der Waals surface area contributed by atoms with Crippen LogP contribution >= 0.6 is 0 Å². The molecule has 10 heavy (non-hydrogen) atoms. The summed E-state index contributed by atoms with van der Waals surface area (Å²) in [5.74, 6) is -10.00. The number of hydrogen-bond acceptors (Lipinski definition) is 4. The van der Waals surface area contributed by atoms with Crippen molar-refractivity contribution in [2.24, 2.45) is 0 Å². The maximum atomic E-state index is 11.6. The third kappa shape index (κ3) is 1.81. The van der Waals surface area contributed by atoms with Crippen molar-refractivity contribution in [1.82, 2.24) is 0 Å². The van der Waals surface area contributed by atoms with Crippen LogP contribution < -0.4 is 10.2 Å². The molecule has 0 aliphatic heterocycles. The van der Waals surface area contributed by atoms with Crippen molar-refractivity contribution in [3.05, 3.63) is 11.7 Å². The average Bonchev–Trinajstić information content (AvgIpc) is 1.84. The lowest BCUT2D eigenvalue weighted by Crippen LogP contribution is -2.29. The second-order valence-electron chi connectivity index (χ2n) is 1.20. The van der Waals surface area contributed by atoms with Gasteiger partial charge in [0.15, 0.2) is 11.7 Å². The monoisotopic (exact) mass is 150 g/mol. The molecule has 4 nitrogen and oxygen atoms in total. The smallest absolute Gasteiger partial charge is 0.183 e. The van der Waals surface area contributed by atoms with Crippen molar-refractivity contribution in [1.29, 1.82) is 0 Å². The van der Waals surface area contributed by atoms with Gasteiger partial charge in [-0.05, 0) is 0 Å². The maximum absolute atomic E-state index is 11.6. The first-order valence-electron chi connectivity index (χ1n) is 1.94. The van der Waals surface area contributed by atoms with Gasteiger partial charge in [-0.25, -0.2) is 8.78 Å². The third-order valence-corrected chi connectivity index (χ3v) is 0.551. The molecule has 0 aliphatic rings. The SMILES string of the molecule is O=C([O-])/C(F)=C(\F)C(=O)[O-]. The van der Waals surface area contributed by atoms with E-state index in [0.717, 1.165) is 0 Å². The molecule has 56 valence electrons. The lowest BCUT2D eigenvalue weighted by Gasteiger charge is -2.00. The molecule has 0 unspecified atom stereocenters. The van der Waals surface area contributed by atoms with Crippen molar-refractivity contribution in [2.75, 3.05) is 0 Å². The summed E-state index contributed by atoms with van der Waals surface area (Å²) >= 11 is 0. The van der Waals surface area contributed by atoms with E-state index in [1.54, 1.807) is 0 Å². The molecule has 0 fully saturated rings. The number of aliphatic carboxylic acids is 2. The summed E-state index contributed by atoms with van der Waals surface area (Å²) in [6.07, 6.45) is 0. The van der Waals surface area contributed by atoms with E-state index in [1.807, 2.05) is 0 Å². The van der Waals surface area contributed by atoms with Gasteiger partial charge in [0, 0.05) is 0 Å². The first-order chi connectivity index (χ1) is 4.46. The van der Waals surface area contributed by atoms with Gasteiger partial charge >= 0.3 is 0 Å². The topological polar surface area (TPSA) is 80.3 Å². The Morgan fingerprint density at radius 3 is 1.20 bits per heavy atom. The van der Waals surface area contributed by atoms with Crippen LogP contribution in [0.4, 0.5) is 8.78 Å². The van der Waals surface area contributed by atoms with Crippen LogP contribution in [0.3, 0.4) is 0 Å². The fourth-order valence-electron chi connectivity index (χ4n) is 0.179. The van der Waals surface area contributed by atoms with E-state index in [0.29, 0.717) is 0 Å². The third-order valence-electron chi connectivity index (χ3n) is 0.551. The number of carboxylic acid groups (broad SMARTS) is 2. The fraction of sp³-hybridized carbons (Fsp3) is 0. The van der Waals surface area contributed by atoms with Gasteiger partial charge in [-0.15, -0.1) is 0 Å². The largest absolute Gasteiger partial charge is 0.542 e. The lowest BCUT2D eigenvalue weighted by atomic mass is 10.4. The molecule has 0 saturated heterocycles. The molecule has 0 atom stereocenters. The second-order valence-corrected chi connectivity index (χ2v) is 1.20. The van der Waals surface area contributed by atoms with Crippen molar-refractivity contribution in [3.63, 3.8) is 0 Å². The zero-order chi connectivity index (χ0) is 8.31. The highest BCUT2D eigenvalue weighted by atomic mass is 19.2. The Kier molecular flexibility index (Phi) is 2.48. The Balaban J connectivity index is 4.67. The van der Waals surface area contributed by atoms with Crippen molar-refractivity contribution >= 4 is 11.9 Å². The van der Waals surface area contributed by atoms with Crippen LogP contribution in [0.1, 0.15) is 0 Å². The normalized spacial score (nSPS) is 12.2. The van der Waals surface area contributed by atoms with Crippen molar-refractivity contribution in [2.45, 2.75) is 0 Å². The summed E-state index contributed by atoms with van der Waals surface area (Å²) in [5, 5.41) is 18.7. The molecule has 0 heterocycles. The van der Waals surface area contributed by atoms with E-state index in [1.165, 1.54) is 0 Å². The van der Waals surface area contributed by atoms with Gasteiger partial charge in [0.05, 0.1) is 0 Å². The highest BCUT2D eigenvalue weighted by Crippen LogP contribution is 2.04. The molecular formula is C4F2O4-2. The summed E-state index contributed by atoms with van der Waals surface area (Å²) in [5.41, 5.74) is 0. The number of carbonyl (C=O) groups is 2. The van der Waals surface area contributed by atoms with Gasteiger partial charge in [-0.1, -0.05) is 0 Å². The summed E-state index contributed by atoms with van der Waals surface area (Å²) in [4.78, 5) is 18.7. The number of rotatable bonds is 2.